The van der Waals surface area contributed by atoms with Gasteiger partial charge in [-0.25, -0.2) is 0 Å². The SMILES string of the molecule is Cc1ccc(CNC(=O)[C@@H]2CCCN2C2CCNCC2)c2cccnc12. The molecule has 26 heavy (non-hydrogen) atoms. The fraction of sp³-hybridized carbons (Fsp3) is 0.524. The molecule has 2 aliphatic rings. The second-order valence-corrected chi connectivity index (χ2v) is 7.54. The molecule has 4 rings (SSSR count). The molecule has 0 saturated carbocycles. The summed E-state index contributed by atoms with van der Waals surface area (Å²) in [5.74, 6) is 0.179. The van der Waals surface area contributed by atoms with E-state index in [1.54, 1.807) is 0 Å². The second-order valence-electron chi connectivity index (χ2n) is 7.54. The Bertz CT molecular complexity index is 785. The minimum absolute atomic E-state index is 0.0351. The summed E-state index contributed by atoms with van der Waals surface area (Å²) in [6.07, 6.45) is 6.23. The monoisotopic (exact) mass is 352 g/mol. The van der Waals surface area contributed by atoms with Crippen molar-refractivity contribution in [3.8, 4) is 0 Å². The third-order valence-electron chi connectivity index (χ3n) is 5.89. The quantitative estimate of drug-likeness (QED) is 0.887. The van der Waals surface area contributed by atoms with E-state index in [2.05, 4.69) is 45.6 Å². The summed E-state index contributed by atoms with van der Waals surface area (Å²) in [4.78, 5) is 19.8. The van der Waals surface area contributed by atoms with Gasteiger partial charge >= 0.3 is 0 Å². The molecule has 2 aromatic rings. The Hall–Kier alpha value is -1.98. The van der Waals surface area contributed by atoms with Crippen LogP contribution in [0.25, 0.3) is 10.9 Å². The molecule has 1 atom stereocenters. The lowest BCUT2D eigenvalue weighted by atomic mass is 10.0. The highest BCUT2D eigenvalue weighted by Gasteiger charge is 2.35. The highest BCUT2D eigenvalue weighted by atomic mass is 16.2. The highest BCUT2D eigenvalue weighted by molar-refractivity contribution is 5.86. The zero-order valence-corrected chi connectivity index (χ0v) is 15.5. The molecule has 1 aromatic heterocycles. The molecule has 0 radical (unpaired) electrons. The van der Waals surface area contributed by atoms with Gasteiger partial charge in [0.25, 0.3) is 0 Å². The Kier molecular flexibility index (Phi) is 5.18. The number of pyridine rings is 1. The van der Waals surface area contributed by atoms with E-state index in [-0.39, 0.29) is 11.9 Å². The number of likely N-dealkylation sites (tertiary alicyclic amines) is 1. The summed E-state index contributed by atoms with van der Waals surface area (Å²) >= 11 is 0. The molecule has 0 unspecified atom stereocenters. The highest BCUT2D eigenvalue weighted by Crippen LogP contribution is 2.25. The molecule has 5 nitrogen and oxygen atoms in total. The van der Waals surface area contributed by atoms with Gasteiger partial charge in [-0.2, -0.15) is 0 Å². The first-order chi connectivity index (χ1) is 12.7. The number of amides is 1. The van der Waals surface area contributed by atoms with Crippen molar-refractivity contribution in [3.05, 3.63) is 41.6 Å². The van der Waals surface area contributed by atoms with Crippen molar-refractivity contribution in [1.29, 1.82) is 0 Å². The molecule has 1 aromatic carbocycles. The van der Waals surface area contributed by atoms with Crippen LogP contribution in [0.4, 0.5) is 0 Å². The average molecular weight is 352 g/mol. The number of carbonyl (C=O) groups is 1. The van der Waals surface area contributed by atoms with Gasteiger partial charge in [0.05, 0.1) is 11.6 Å². The lowest BCUT2D eigenvalue weighted by Crippen LogP contribution is -2.50. The average Bonchev–Trinajstić information content (AvgIpc) is 3.18. The van der Waals surface area contributed by atoms with Crippen molar-refractivity contribution in [2.45, 2.75) is 51.2 Å². The second kappa shape index (κ2) is 7.72. The third-order valence-corrected chi connectivity index (χ3v) is 5.89. The molecule has 2 aliphatic heterocycles. The number of aryl methyl sites for hydroxylation is 1. The van der Waals surface area contributed by atoms with E-state index in [0.29, 0.717) is 12.6 Å². The number of piperidine rings is 1. The molecule has 2 saturated heterocycles. The molecule has 2 fully saturated rings. The van der Waals surface area contributed by atoms with Crippen LogP contribution in [0, 0.1) is 6.92 Å². The maximum Gasteiger partial charge on any atom is 0.237 e. The summed E-state index contributed by atoms with van der Waals surface area (Å²) in [6, 6.07) is 8.84. The number of benzene rings is 1. The molecule has 5 heteroatoms. The summed E-state index contributed by atoms with van der Waals surface area (Å²) in [5.41, 5.74) is 3.33. The van der Waals surface area contributed by atoms with Crippen molar-refractivity contribution < 1.29 is 4.79 Å². The maximum absolute atomic E-state index is 12.9. The summed E-state index contributed by atoms with van der Waals surface area (Å²) in [5, 5.41) is 7.75. The van der Waals surface area contributed by atoms with Gasteiger partial charge in [-0.3, -0.25) is 14.7 Å². The molecule has 0 aliphatic carbocycles. The minimum Gasteiger partial charge on any atom is -0.351 e. The fourth-order valence-corrected chi connectivity index (χ4v) is 4.47. The number of fused-ring (bicyclic) bond motifs is 1. The van der Waals surface area contributed by atoms with Crippen LogP contribution in [0.15, 0.2) is 30.5 Å². The predicted molar refractivity (Wildman–Crippen MR) is 104 cm³/mol. The number of carbonyl (C=O) groups excluding carboxylic acids is 1. The first-order valence-corrected chi connectivity index (χ1v) is 9.81. The van der Waals surface area contributed by atoms with Crippen LogP contribution in [0.1, 0.15) is 36.8 Å². The molecule has 0 spiro atoms. The normalized spacial score (nSPS) is 22.0. The van der Waals surface area contributed by atoms with Crippen LogP contribution in [-0.2, 0) is 11.3 Å². The Balaban J connectivity index is 1.44. The first kappa shape index (κ1) is 17.4. The summed E-state index contributed by atoms with van der Waals surface area (Å²) < 4.78 is 0. The lowest BCUT2D eigenvalue weighted by Gasteiger charge is -2.35. The smallest absolute Gasteiger partial charge is 0.237 e. The zero-order valence-electron chi connectivity index (χ0n) is 15.5. The van der Waals surface area contributed by atoms with Crippen LogP contribution in [-0.4, -0.2) is 47.5 Å². The minimum atomic E-state index is 0.0351. The van der Waals surface area contributed by atoms with E-state index in [9.17, 15) is 4.79 Å². The topological polar surface area (TPSA) is 57.3 Å². The Morgan fingerprint density at radius 1 is 1.27 bits per heavy atom. The van der Waals surface area contributed by atoms with Gasteiger partial charge in [-0.05, 0) is 69.4 Å². The van der Waals surface area contributed by atoms with Gasteiger partial charge in [-0.1, -0.05) is 18.2 Å². The van der Waals surface area contributed by atoms with E-state index in [0.717, 1.165) is 61.8 Å². The Labute approximate surface area is 155 Å². The number of hydrogen-bond acceptors (Lipinski definition) is 4. The van der Waals surface area contributed by atoms with E-state index in [1.807, 2.05) is 12.3 Å². The van der Waals surface area contributed by atoms with Crippen molar-refractivity contribution in [2.75, 3.05) is 19.6 Å². The van der Waals surface area contributed by atoms with Crippen molar-refractivity contribution in [2.24, 2.45) is 0 Å². The van der Waals surface area contributed by atoms with E-state index in [1.165, 1.54) is 5.56 Å². The number of nitrogens with zero attached hydrogens (tertiary/aromatic N) is 2. The van der Waals surface area contributed by atoms with Crippen LogP contribution in [0.5, 0.6) is 0 Å². The molecular formula is C21H28N4O. The van der Waals surface area contributed by atoms with Crippen molar-refractivity contribution >= 4 is 16.8 Å². The van der Waals surface area contributed by atoms with Gasteiger partial charge < -0.3 is 10.6 Å². The number of aromatic nitrogens is 1. The van der Waals surface area contributed by atoms with Crippen molar-refractivity contribution in [3.63, 3.8) is 0 Å². The number of hydrogen-bond donors (Lipinski definition) is 2. The Morgan fingerprint density at radius 3 is 2.96 bits per heavy atom. The largest absolute Gasteiger partial charge is 0.351 e. The maximum atomic E-state index is 12.9. The molecule has 2 N–H and O–H groups in total. The number of rotatable bonds is 4. The Morgan fingerprint density at radius 2 is 2.12 bits per heavy atom. The van der Waals surface area contributed by atoms with Gasteiger partial charge in [0, 0.05) is 24.2 Å². The number of nitrogens with one attached hydrogen (secondary N) is 2. The molecule has 3 heterocycles. The van der Waals surface area contributed by atoms with E-state index in [4.69, 9.17) is 0 Å². The lowest BCUT2D eigenvalue weighted by molar-refractivity contribution is -0.126. The molecule has 1 amide bonds. The standard InChI is InChI=1S/C21H28N4O/c1-15-6-7-16(18-4-2-10-23-20(15)18)14-24-21(26)19-5-3-13-25(19)17-8-11-22-12-9-17/h2,4,6-7,10,17,19,22H,3,5,8-9,11-14H2,1H3,(H,24,26)/t19-/m0/s1. The molecular weight excluding hydrogens is 324 g/mol. The van der Waals surface area contributed by atoms with Crippen LogP contribution in [0.3, 0.4) is 0 Å². The van der Waals surface area contributed by atoms with Gasteiger partial charge in [0.2, 0.25) is 5.91 Å². The van der Waals surface area contributed by atoms with Crippen LogP contribution >= 0.6 is 0 Å². The molecule has 0 bridgehead atoms. The third kappa shape index (κ3) is 3.46. The van der Waals surface area contributed by atoms with Crippen LogP contribution in [0.2, 0.25) is 0 Å². The van der Waals surface area contributed by atoms with E-state index < -0.39 is 0 Å². The van der Waals surface area contributed by atoms with Gasteiger partial charge in [-0.15, -0.1) is 0 Å². The summed E-state index contributed by atoms with van der Waals surface area (Å²) in [7, 11) is 0. The van der Waals surface area contributed by atoms with Crippen LogP contribution < -0.4 is 10.6 Å². The predicted octanol–water partition coefficient (Wildman–Crippen LogP) is 2.38. The zero-order chi connectivity index (χ0) is 17.9. The summed E-state index contributed by atoms with van der Waals surface area (Å²) in [6.45, 7) is 5.83. The van der Waals surface area contributed by atoms with Gasteiger partial charge in [0.15, 0.2) is 0 Å². The van der Waals surface area contributed by atoms with E-state index >= 15 is 0 Å². The van der Waals surface area contributed by atoms with Gasteiger partial charge in [0.1, 0.15) is 0 Å². The molecule has 138 valence electrons. The fourth-order valence-electron chi connectivity index (χ4n) is 4.47. The van der Waals surface area contributed by atoms with Crippen molar-refractivity contribution in [1.82, 2.24) is 20.5 Å². The first-order valence-electron chi connectivity index (χ1n) is 9.81.